The second kappa shape index (κ2) is 8.36. The van der Waals surface area contributed by atoms with Crippen molar-refractivity contribution in [1.29, 1.82) is 0 Å². The Morgan fingerprint density at radius 2 is 1.82 bits per heavy atom. The fourth-order valence-electron chi connectivity index (χ4n) is 3.00. The zero-order valence-corrected chi connectivity index (χ0v) is 16.2. The van der Waals surface area contributed by atoms with E-state index in [2.05, 4.69) is 10.6 Å². The fraction of sp³-hybridized carbons (Fsp3) is 0.263. The molecule has 1 saturated heterocycles. The largest absolute Gasteiger partial charge is 0.416 e. The molecule has 0 spiro atoms. The highest BCUT2D eigenvalue weighted by atomic mass is 35.5. The van der Waals surface area contributed by atoms with Gasteiger partial charge in [-0.25, -0.2) is 0 Å². The zero-order chi connectivity index (χ0) is 20.3. The van der Waals surface area contributed by atoms with Gasteiger partial charge in [0.2, 0.25) is 0 Å². The van der Waals surface area contributed by atoms with Crippen LogP contribution in [0.1, 0.15) is 28.8 Å². The van der Waals surface area contributed by atoms with E-state index in [1.165, 1.54) is 12.1 Å². The molecular formula is C19H17ClF3N3OS. The third-order valence-electron chi connectivity index (χ3n) is 4.33. The molecule has 0 saturated carbocycles. The highest BCUT2D eigenvalue weighted by Crippen LogP contribution is 2.36. The Balaban J connectivity index is 1.80. The van der Waals surface area contributed by atoms with E-state index in [9.17, 15) is 18.0 Å². The Kier molecular flexibility index (Phi) is 6.10. The molecule has 4 nitrogen and oxygen atoms in total. The van der Waals surface area contributed by atoms with E-state index in [0.29, 0.717) is 16.3 Å². The summed E-state index contributed by atoms with van der Waals surface area (Å²) in [5.41, 5.74) is 0.320. The molecule has 0 bridgehead atoms. The van der Waals surface area contributed by atoms with Crippen LogP contribution in [0, 0.1) is 0 Å². The first kappa shape index (κ1) is 20.4. The molecule has 1 aliphatic rings. The highest BCUT2D eigenvalue weighted by Gasteiger charge is 2.32. The third-order valence-corrected chi connectivity index (χ3v) is 4.77. The van der Waals surface area contributed by atoms with Crippen molar-refractivity contribution in [3.8, 4) is 0 Å². The van der Waals surface area contributed by atoms with Crippen molar-refractivity contribution in [3.05, 3.63) is 58.6 Å². The Hall–Kier alpha value is -2.32. The molecule has 2 aromatic carbocycles. The number of hydrogen-bond acceptors (Lipinski definition) is 3. The first-order chi connectivity index (χ1) is 13.2. The van der Waals surface area contributed by atoms with Crippen molar-refractivity contribution in [2.45, 2.75) is 19.0 Å². The predicted molar refractivity (Wildman–Crippen MR) is 108 cm³/mol. The molecule has 9 heteroatoms. The second-order valence-corrected chi connectivity index (χ2v) is 7.19. The molecule has 2 aromatic rings. The number of carbonyl (C=O) groups is 1. The van der Waals surface area contributed by atoms with Gasteiger partial charge in [0.25, 0.3) is 5.91 Å². The van der Waals surface area contributed by atoms with Gasteiger partial charge in [0.15, 0.2) is 5.11 Å². The van der Waals surface area contributed by atoms with Gasteiger partial charge in [-0.3, -0.25) is 10.1 Å². The first-order valence-corrected chi connectivity index (χ1v) is 9.37. The molecule has 1 amide bonds. The number of halogens is 4. The summed E-state index contributed by atoms with van der Waals surface area (Å²) in [6.45, 7) is 1.50. The van der Waals surface area contributed by atoms with E-state index in [0.717, 1.165) is 38.1 Å². The molecule has 2 N–H and O–H groups in total. The van der Waals surface area contributed by atoms with Crippen molar-refractivity contribution < 1.29 is 18.0 Å². The molecule has 0 aromatic heterocycles. The Bertz CT molecular complexity index is 898. The average molecular weight is 428 g/mol. The maximum Gasteiger partial charge on any atom is 0.416 e. The number of nitrogens with zero attached hydrogens (tertiary/aromatic N) is 1. The van der Waals surface area contributed by atoms with Crippen LogP contribution in [0.3, 0.4) is 0 Å². The number of benzene rings is 2. The van der Waals surface area contributed by atoms with Gasteiger partial charge in [0.1, 0.15) is 0 Å². The Morgan fingerprint density at radius 3 is 2.46 bits per heavy atom. The fourth-order valence-corrected chi connectivity index (χ4v) is 3.40. The summed E-state index contributed by atoms with van der Waals surface area (Å²) in [6, 6.07) is 9.75. The summed E-state index contributed by atoms with van der Waals surface area (Å²) >= 11 is 11.0. The molecule has 0 aliphatic carbocycles. The van der Waals surface area contributed by atoms with Crippen LogP contribution in [0.25, 0.3) is 0 Å². The topological polar surface area (TPSA) is 44.4 Å². The van der Waals surface area contributed by atoms with Crippen LogP contribution in [0.4, 0.5) is 24.5 Å². The van der Waals surface area contributed by atoms with Gasteiger partial charge < -0.3 is 10.2 Å². The number of amides is 1. The molecule has 1 heterocycles. The summed E-state index contributed by atoms with van der Waals surface area (Å²) in [7, 11) is 0. The summed E-state index contributed by atoms with van der Waals surface area (Å²) in [5, 5.41) is 5.51. The van der Waals surface area contributed by atoms with Crippen LogP contribution < -0.4 is 15.5 Å². The number of alkyl halides is 3. The Labute approximate surface area is 170 Å². The van der Waals surface area contributed by atoms with Crippen LogP contribution >= 0.6 is 23.8 Å². The smallest absolute Gasteiger partial charge is 0.370 e. The van der Waals surface area contributed by atoms with Crippen LogP contribution in [0.5, 0.6) is 0 Å². The lowest BCUT2D eigenvalue weighted by Crippen LogP contribution is -2.34. The number of carbonyl (C=O) groups excluding carboxylic acids is 1. The molecule has 1 aliphatic heterocycles. The molecular weight excluding hydrogens is 411 g/mol. The molecule has 148 valence electrons. The van der Waals surface area contributed by atoms with Gasteiger partial charge in [0.05, 0.1) is 16.9 Å². The van der Waals surface area contributed by atoms with Crippen molar-refractivity contribution in [2.75, 3.05) is 23.3 Å². The predicted octanol–water partition coefficient (Wildman–Crippen LogP) is 5.09. The minimum absolute atomic E-state index is 0.0928. The van der Waals surface area contributed by atoms with Gasteiger partial charge in [-0.05, 0) is 61.5 Å². The molecule has 0 radical (unpaired) electrons. The van der Waals surface area contributed by atoms with E-state index in [-0.39, 0.29) is 10.8 Å². The molecule has 0 unspecified atom stereocenters. The molecule has 1 fully saturated rings. The van der Waals surface area contributed by atoms with Crippen LogP contribution in [-0.2, 0) is 6.18 Å². The molecule has 0 atom stereocenters. The van der Waals surface area contributed by atoms with E-state index < -0.39 is 17.6 Å². The van der Waals surface area contributed by atoms with E-state index in [1.54, 1.807) is 18.2 Å². The number of anilines is 2. The van der Waals surface area contributed by atoms with Crippen molar-refractivity contribution >= 4 is 46.2 Å². The SMILES string of the molecule is O=C(NC(=S)Nc1cc(C(F)(F)F)ccc1N1CCCC1)c1cccc(Cl)c1. The number of thiocarbonyl (C=S) groups is 1. The van der Waals surface area contributed by atoms with Gasteiger partial charge in [-0.1, -0.05) is 17.7 Å². The van der Waals surface area contributed by atoms with Gasteiger partial charge in [-0.2, -0.15) is 13.2 Å². The Morgan fingerprint density at radius 1 is 1.11 bits per heavy atom. The molecule has 3 rings (SSSR count). The first-order valence-electron chi connectivity index (χ1n) is 8.58. The maximum atomic E-state index is 13.1. The minimum Gasteiger partial charge on any atom is -0.370 e. The standard InChI is InChI=1S/C19H17ClF3N3OS/c20-14-5-3-4-12(10-14)17(27)25-18(28)24-15-11-13(19(21,22)23)6-7-16(15)26-8-1-2-9-26/h3-7,10-11H,1-2,8-9H2,(H2,24,25,27,28). The number of rotatable bonds is 3. The number of hydrogen-bond donors (Lipinski definition) is 2. The maximum absolute atomic E-state index is 13.1. The average Bonchev–Trinajstić information content (AvgIpc) is 3.15. The monoisotopic (exact) mass is 427 g/mol. The zero-order valence-electron chi connectivity index (χ0n) is 14.6. The molecule has 28 heavy (non-hydrogen) atoms. The van der Waals surface area contributed by atoms with E-state index in [1.807, 2.05) is 4.90 Å². The van der Waals surface area contributed by atoms with Crippen molar-refractivity contribution in [1.82, 2.24) is 5.32 Å². The summed E-state index contributed by atoms with van der Waals surface area (Å²) < 4.78 is 39.4. The van der Waals surface area contributed by atoms with Crippen LogP contribution in [-0.4, -0.2) is 24.1 Å². The summed E-state index contributed by atoms with van der Waals surface area (Å²) in [4.78, 5) is 14.3. The summed E-state index contributed by atoms with van der Waals surface area (Å²) in [5.74, 6) is -0.505. The summed E-state index contributed by atoms with van der Waals surface area (Å²) in [6.07, 6.45) is -2.54. The quantitative estimate of drug-likeness (QED) is 0.670. The van der Waals surface area contributed by atoms with Gasteiger partial charge in [-0.15, -0.1) is 0 Å². The normalized spacial score (nSPS) is 14.1. The lowest BCUT2D eigenvalue weighted by atomic mass is 10.1. The highest BCUT2D eigenvalue weighted by molar-refractivity contribution is 7.80. The van der Waals surface area contributed by atoms with Crippen LogP contribution in [0.2, 0.25) is 5.02 Å². The van der Waals surface area contributed by atoms with Gasteiger partial charge >= 0.3 is 6.18 Å². The minimum atomic E-state index is -4.48. The lowest BCUT2D eigenvalue weighted by Gasteiger charge is -2.23. The van der Waals surface area contributed by atoms with E-state index in [4.69, 9.17) is 23.8 Å². The van der Waals surface area contributed by atoms with Crippen molar-refractivity contribution in [2.24, 2.45) is 0 Å². The lowest BCUT2D eigenvalue weighted by molar-refractivity contribution is -0.137. The second-order valence-electron chi connectivity index (χ2n) is 6.34. The van der Waals surface area contributed by atoms with Crippen LogP contribution in [0.15, 0.2) is 42.5 Å². The van der Waals surface area contributed by atoms with Gasteiger partial charge in [0, 0.05) is 23.7 Å². The third kappa shape index (κ3) is 4.94. The van der Waals surface area contributed by atoms with Crippen molar-refractivity contribution in [3.63, 3.8) is 0 Å². The van der Waals surface area contributed by atoms with E-state index >= 15 is 0 Å². The number of nitrogens with one attached hydrogen (secondary N) is 2.